The maximum atomic E-state index is 11.1. The normalized spacial score (nSPS) is 10.3. The van der Waals surface area contributed by atoms with Gasteiger partial charge in [-0.05, 0) is 35.7 Å². The summed E-state index contributed by atoms with van der Waals surface area (Å²) < 4.78 is 6.18. The summed E-state index contributed by atoms with van der Waals surface area (Å²) in [6.45, 7) is 1.49. The number of benzene rings is 2. The summed E-state index contributed by atoms with van der Waals surface area (Å²) in [6, 6.07) is 9.55. The van der Waals surface area contributed by atoms with Crippen LogP contribution >= 0.6 is 15.9 Å². The molecule has 0 bridgehead atoms. The van der Waals surface area contributed by atoms with Gasteiger partial charge in [0.05, 0.1) is 7.11 Å². The minimum absolute atomic E-state index is 0.0866. The molecule has 0 spiro atoms. The van der Waals surface area contributed by atoms with Crippen molar-refractivity contribution in [2.75, 3.05) is 12.4 Å². The number of amides is 1. The highest BCUT2D eigenvalue weighted by atomic mass is 79.9. The number of halogens is 1. The van der Waals surface area contributed by atoms with E-state index in [0.717, 1.165) is 26.7 Å². The number of hydrogen-bond donors (Lipinski definition) is 1. The van der Waals surface area contributed by atoms with Crippen molar-refractivity contribution >= 4 is 38.3 Å². The van der Waals surface area contributed by atoms with Crippen molar-refractivity contribution in [2.24, 2.45) is 0 Å². The molecule has 0 atom stereocenters. The summed E-state index contributed by atoms with van der Waals surface area (Å²) in [4.78, 5) is 11.1. The first kappa shape index (κ1) is 11.9. The largest absolute Gasteiger partial charge is 0.497 e. The fraction of sp³-hybridized carbons (Fsp3) is 0.154. The molecule has 1 N–H and O–H groups in total. The minimum atomic E-state index is -0.0866. The second-order valence-corrected chi connectivity index (χ2v) is 4.54. The van der Waals surface area contributed by atoms with Crippen LogP contribution in [0.15, 0.2) is 34.8 Å². The van der Waals surface area contributed by atoms with Gasteiger partial charge in [0.2, 0.25) is 5.91 Å². The number of anilines is 1. The molecule has 0 aliphatic rings. The first-order chi connectivity index (χ1) is 8.11. The van der Waals surface area contributed by atoms with Gasteiger partial charge in [-0.25, -0.2) is 0 Å². The highest BCUT2D eigenvalue weighted by Gasteiger charge is 2.06. The molecular weight excluding hydrogens is 282 g/mol. The Morgan fingerprint density at radius 3 is 2.65 bits per heavy atom. The van der Waals surface area contributed by atoms with Crippen LogP contribution in [-0.2, 0) is 4.79 Å². The molecule has 0 unspecified atom stereocenters. The molecule has 0 saturated carbocycles. The highest BCUT2D eigenvalue weighted by molar-refractivity contribution is 9.10. The predicted octanol–water partition coefficient (Wildman–Crippen LogP) is 3.57. The van der Waals surface area contributed by atoms with E-state index in [1.807, 2.05) is 30.3 Å². The Kier molecular flexibility index (Phi) is 3.33. The lowest BCUT2D eigenvalue weighted by Gasteiger charge is -2.10. The molecule has 3 nitrogen and oxygen atoms in total. The summed E-state index contributed by atoms with van der Waals surface area (Å²) in [6.07, 6.45) is 0. The third-order valence-electron chi connectivity index (χ3n) is 2.48. The minimum Gasteiger partial charge on any atom is -0.497 e. The number of methoxy groups -OCH3 is 1. The lowest BCUT2D eigenvalue weighted by atomic mass is 10.1. The van der Waals surface area contributed by atoms with Gasteiger partial charge < -0.3 is 10.1 Å². The van der Waals surface area contributed by atoms with Crippen LogP contribution in [0.3, 0.4) is 0 Å². The zero-order valence-electron chi connectivity index (χ0n) is 9.58. The zero-order chi connectivity index (χ0) is 12.4. The van der Waals surface area contributed by atoms with Gasteiger partial charge in [0.1, 0.15) is 5.75 Å². The molecule has 0 radical (unpaired) electrons. The molecular formula is C13H12BrNO2. The number of ether oxygens (including phenoxy) is 1. The van der Waals surface area contributed by atoms with Crippen molar-refractivity contribution in [1.82, 2.24) is 0 Å². The van der Waals surface area contributed by atoms with Gasteiger partial charge in [-0.15, -0.1) is 0 Å². The molecule has 0 aliphatic carbocycles. The van der Waals surface area contributed by atoms with Crippen LogP contribution in [0.5, 0.6) is 5.75 Å². The number of carbonyl (C=O) groups is 1. The summed E-state index contributed by atoms with van der Waals surface area (Å²) in [5, 5.41) is 4.80. The number of fused-ring (bicyclic) bond motifs is 1. The van der Waals surface area contributed by atoms with Gasteiger partial charge in [0, 0.05) is 22.5 Å². The molecule has 2 aromatic carbocycles. The summed E-state index contributed by atoms with van der Waals surface area (Å²) in [7, 11) is 1.62. The molecule has 1 amide bonds. The number of carbonyl (C=O) groups excluding carboxylic acids is 1. The van der Waals surface area contributed by atoms with E-state index in [2.05, 4.69) is 21.2 Å². The molecule has 0 aliphatic heterocycles. The Labute approximate surface area is 108 Å². The Hall–Kier alpha value is -1.55. The fourth-order valence-corrected chi connectivity index (χ4v) is 2.19. The van der Waals surface area contributed by atoms with Crippen LogP contribution in [0.1, 0.15) is 6.92 Å². The van der Waals surface area contributed by atoms with Crippen LogP contribution in [-0.4, -0.2) is 13.0 Å². The van der Waals surface area contributed by atoms with Crippen molar-refractivity contribution in [3.8, 4) is 5.75 Å². The fourth-order valence-electron chi connectivity index (χ4n) is 1.72. The SMILES string of the molecule is COc1ccc2c(Br)ccc(NC(C)=O)c2c1. The number of nitrogens with one attached hydrogen (secondary N) is 1. The predicted molar refractivity (Wildman–Crippen MR) is 72.5 cm³/mol. The van der Waals surface area contributed by atoms with Crippen LogP contribution in [0.25, 0.3) is 10.8 Å². The Balaban J connectivity index is 2.67. The van der Waals surface area contributed by atoms with Gasteiger partial charge in [-0.1, -0.05) is 15.9 Å². The molecule has 0 heterocycles. The van der Waals surface area contributed by atoms with Crippen LogP contribution < -0.4 is 10.1 Å². The second kappa shape index (κ2) is 4.75. The van der Waals surface area contributed by atoms with E-state index in [1.54, 1.807) is 7.11 Å². The van der Waals surface area contributed by atoms with Gasteiger partial charge in [0.15, 0.2) is 0 Å². The van der Waals surface area contributed by atoms with Gasteiger partial charge in [0.25, 0.3) is 0 Å². The average Bonchev–Trinajstić information content (AvgIpc) is 2.32. The van der Waals surface area contributed by atoms with E-state index >= 15 is 0 Å². The number of rotatable bonds is 2. The molecule has 88 valence electrons. The second-order valence-electron chi connectivity index (χ2n) is 3.69. The van der Waals surface area contributed by atoms with E-state index in [9.17, 15) is 4.79 Å². The summed E-state index contributed by atoms with van der Waals surface area (Å²) in [5.41, 5.74) is 0.787. The average molecular weight is 294 g/mol. The molecule has 4 heteroatoms. The first-order valence-corrected chi connectivity index (χ1v) is 5.95. The van der Waals surface area contributed by atoms with Crippen molar-refractivity contribution in [2.45, 2.75) is 6.92 Å². The summed E-state index contributed by atoms with van der Waals surface area (Å²) in [5.74, 6) is 0.679. The van der Waals surface area contributed by atoms with Gasteiger partial charge >= 0.3 is 0 Å². The molecule has 0 aromatic heterocycles. The van der Waals surface area contributed by atoms with E-state index < -0.39 is 0 Å². The highest BCUT2D eigenvalue weighted by Crippen LogP contribution is 2.32. The molecule has 0 saturated heterocycles. The quantitative estimate of drug-likeness (QED) is 0.919. The van der Waals surface area contributed by atoms with Gasteiger partial charge in [-0.2, -0.15) is 0 Å². The van der Waals surface area contributed by atoms with Crippen LogP contribution in [0, 0.1) is 0 Å². The maximum Gasteiger partial charge on any atom is 0.221 e. The summed E-state index contributed by atoms with van der Waals surface area (Å²) >= 11 is 3.49. The van der Waals surface area contributed by atoms with E-state index in [4.69, 9.17) is 4.74 Å². The van der Waals surface area contributed by atoms with E-state index in [1.165, 1.54) is 6.92 Å². The van der Waals surface area contributed by atoms with Crippen LogP contribution in [0.4, 0.5) is 5.69 Å². The standard InChI is InChI=1S/C13H12BrNO2/c1-8(16)15-13-6-5-12(14)10-4-3-9(17-2)7-11(10)13/h3-7H,1-2H3,(H,15,16). The van der Waals surface area contributed by atoms with E-state index in [-0.39, 0.29) is 5.91 Å². The third-order valence-corrected chi connectivity index (χ3v) is 3.17. The third kappa shape index (κ3) is 2.42. The molecule has 2 aromatic rings. The molecule has 2 rings (SSSR count). The van der Waals surface area contributed by atoms with Gasteiger partial charge in [-0.3, -0.25) is 4.79 Å². The maximum absolute atomic E-state index is 11.1. The van der Waals surface area contributed by atoms with Crippen molar-refractivity contribution in [3.05, 3.63) is 34.8 Å². The lowest BCUT2D eigenvalue weighted by molar-refractivity contribution is -0.114. The molecule has 0 fully saturated rings. The molecule has 17 heavy (non-hydrogen) atoms. The van der Waals surface area contributed by atoms with Crippen molar-refractivity contribution in [3.63, 3.8) is 0 Å². The number of hydrogen-bond acceptors (Lipinski definition) is 2. The lowest BCUT2D eigenvalue weighted by Crippen LogP contribution is -2.06. The van der Waals surface area contributed by atoms with Crippen molar-refractivity contribution < 1.29 is 9.53 Å². The Bertz CT molecular complexity index is 581. The van der Waals surface area contributed by atoms with Crippen LogP contribution in [0.2, 0.25) is 0 Å². The monoisotopic (exact) mass is 293 g/mol. The van der Waals surface area contributed by atoms with Crippen molar-refractivity contribution in [1.29, 1.82) is 0 Å². The zero-order valence-corrected chi connectivity index (χ0v) is 11.2. The smallest absolute Gasteiger partial charge is 0.221 e. The Morgan fingerprint density at radius 2 is 2.00 bits per heavy atom. The Morgan fingerprint density at radius 1 is 1.24 bits per heavy atom. The first-order valence-electron chi connectivity index (χ1n) is 5.15. The van der Waals surface area contributed by atoms with E-state index in [0.29, 0.717) is 0 Å². The topological polar surface area (TPSA) is 38.3 Å².